The number of benzene rings is 2. The number of ketones is 1. The van der Waals surface area contributed by atoms with E-state index in [1.165, 1.54) is 0 Å². The van der Waals surface area contributed by atoms with E-state index >= 15 is 0 Å². The van der Waals surface area contributed by atoms with Gasteiger partial charge in [0, 0.05) is 11.4 Å². The SMILES string of the molecule is Cc1cccc(NC(=O)C(=O)[C@H]2C(=O)Nc3ccccc32)c1. The van der Waals surface area contributed by atoms with E-state index in [2.05, 4.69) is 10.6 Å². The number of para-hydroxylation sites is 1. The molecule has 0 spiro atoms. The molecule has 1 atom stereocenters. The van der Waals surface area contributed by atoms with Crippen molar-refractivity contribution in [1.29, 1.82) is 0 Å². The van der Waals surface area contributed by atoms with Crippen LogP contribution in [0.15, 0.2) is 48.5 Å². The largest absolute Gasteiger partial charge is 0.325 e. The summed E-state index contributed by atoms with van der Waals surface area (Å²) in [6.45, 7) is 1.89. The molecule has 0 bridgehead atoms. The Hall–Kier alpha value is -2.95. The number of hydrogen-bond acceptors (Lipinski definition) is 3. The average molecular weight is 294 g/mol. The summed E-state index contributed by atoms with van der Waals surface area (Å²) in [5.41, 5.74) is 2.62. The number of amides is 2. The van der Waals surface area contributed by atoms with Crippen LogP contribution in [0, 0.1) is 6.92 Å². The van der Waals surface area contributed by atoms with E-state index in [0.717, 1.165) is 5.56 Å². The van der Waals surface area contributed by atoms with Gasteiger partial charge in [0.1, 0.15) is 5.92 Å². The number of carbonyl (C=O) groups is 3. The van der Waals surface area contributed by atoms with Crippen molar-refractivity contribution in [1.82, 2.24) is 0 Å². The van der Waals surface area contributed by atoms with Gasteiger partial charge in [-0.3, -0.25) is 14.4 Å². The van der Waals surface area contributed by atoms with Crippen molar-refractivity contribution in [2.75, 3.05) is 10.6 Å². The van der Waals surface area contributed by atoms with Crippen molar-refractivity contribution in [2.45, 2.75) is 12.8 Å². The summed E-state index contributed by atoms with van der Waals surface area (Å²) in [4.78, 5) is 36.4. The number of hydrogen-bond donors (Lipinski definition) is 2. The van der Waals surface area contributed by atoms with Gasteiger partial charge in [0.2, 0.25) is 11.7 Å². The molecule has 1 aliphatic rings. The smallest absolute Gasteiger partial charge is 0.292 e. The molecule has 0 saturated carbocycles. The Labute approximate surface area is 127 Å². The van der Waals surface area contributed by atoms with Crippen molar-refractivity contribution in [3.8, 4) is 0 Å². The normalized spacial score (nSPS) is 15.9. The predicted molar refractivity (Wildman–Crippen MR) is 82.6 cm³/mol. The molecule has 0 fully saturated rings. The van der Waals surface area contributed by atoms with Crippen LogP contribution < -0.4 is 10.6 Å². The first kappa shape index (κ1) is 14.0. The van der Waals surface area contributed by atoms with Gasteiger partial charge >= 0.3 is 0 Å². The molecule has 3 rings (SSSR count). The fraction of sp³-hybridized carbons (Fsp3) is 0.118. The highest BCUT2D eigenvalue weighted by Gasteiger charge is 2.39. The average Bonchev–Trinajstić information content (AvgIpc) is 2.82. The minimum atomic E-state index is -1.08. The maximum Gasteiger partial charge on any atom is 0.292 e. The zero-order valence-corrected chi connectivity index (χ0v) is 11.9. The summed E-state index contributed by atoms with van der Waals surface area (Å²) in [6.07, 6.45) is 0. The molecule has 5 nitrogen and oxygen atoms in total. The fourth-order valence-corrected chi connectivity index (χ4v) is 2.52. The van der Waals surface area contributed by atoms with Crippen LogP contribution in [0.5, 0.6) is 0 Å². The number of carbonyl (C=O) groups excluding carboxylic acids is 3. The second-order valence-corrected chi connectivity index (χ2v) is 5.20. The lowest BCUT2D eigenvalue weighted by atomic mass is 9.95. The Morgan fingerprint density at radius 3 is 2.64 bits per heavy atom. The molecule has 1 aliphatic heterocycles. The summed E-state index contributed by atoms with van der Waals surface area (Å²) >= 11 is 0. The molecule has 22 heavy (non-hydrogen) atoms. The Morgan fingerprint density at radius 2 is 1.86 bits per heavy atom. The highest BCUT2D eigenvalue weighted by Crippen LogP contribution is 2.32. The van der Waals surface area contributed by atoms with Gasteiger partial charge in [0.15, 0.2) is 0 Å². The maximum atomic E-state index is 12.3. The number of Topliss-reactive ketones (excluding diaryl/α,β-unsaturated/α-hetero) is 1. The first-order valence-electron chi connectivity index (χ1n) is 6.88. The maximum absolute atomic E-state index is 12.3. The molecule has 0 saturated heterocycles. The lowest BCUT2D eigenvalue weighted by Gasteiger charge is -2.09. The van der Waals surface area contributed by atoms with Crippen LogP contribution in [0.3, 0.4) is 0 Å². The molecule has 2 aromatic carbocycles. The van der Waals surface area contributed by atoms with Crippen LogP contribution in [0.1, 0.15) is 17.0 Å². The second kappa shape index (κ2) is 5.44. The van der Waals surface area contributed by atoms with Crippen molar-refractivity contribution in [3.63, 3.8) is 0 Å². The quantitative estimate of drug-likeness (QED) is 0.673. The van der Waals surface area contributed by atoms with Crippen LogP contribution in [0.4, 0.5) is 11.4 Å². The zero-order chi connectivity index (χ0) is 15.7. The molecule has 110 valence electrons. The first-order chi connectivity index (χ1) is 10.6. The Kier molecular flexibility index (Phi) is 3.47. The molecule has 0 aliphatic carbocycles. The van der Waals surface area contributed by atoms with Gasteiger partial charge in [0.05, 0.1) is 0 Å². The van der Waals surface area contributed by atoms with Crippen molar-refractivity contribution in [3.05, 3.63) is 59.7 Å². The van der Waals surface area contributed by atoms with Crippen LogP contribution >= 0.6 is 0 Å². The van der Waals surface area contributed by atoms with E-state index in [-0.39, 0.29) is 0 Å². The molecular formula is C17H14N2O3. The van der Waals surface area contributed by atoms with Crippen molar-refractivity contribution >= 4 is 29.0 Å². The summed E-state index contributed by atoms with van der Waals surface area (Å²) in [6, 6.07) is 14.0. The Balaban J connectivity index is 1.82. The summed E-state index contributed by atoms with van der Waals surface area (Å²) < 4.78 is 0. The molecule has 2 aromatic rings. The van der Waals surface area contributed by atoms with Crippen LogP contribution in [-0.4, -0.2) is 17.6 Å². The lowest BCUT2D eigenvalue weighted by molar-refractivity contribution is -0.138. The summed E-state index contributed by atoms with van der Waals surface area (Å²) in [5, 5.41) is 5.16. The molecular weight excluding hydrogens is 280 g/mol. The Morgan fingerprint density at radius 1 is 1.09 bits per heavy atom. The zero-order valence-electron chi connectivity index (χ0n) is 11.9. The van der Waals surface area contributed by atoms with Gasteiger partial charge in [0.25, 0.3) is 5.91 Å². The minimum Gasteiger partial charge on any atom is -0.325 e. The number of aryl methyl sites for hydroxylation is 1. The van der Waals surface area contributed by atoms with Crippen molar-refractivity contribution < 1.29 is 14.4 Å². The van der Waals surface area contributed by atoms with Crippen LogP contribution in [0.25, 0.3) is 0 Å². The molecule has 1 heterocycles. The lowest BCUT2D eigenvalue weighted by Crippen LogP contribution is -2.31. The summed E-state index contributed by atoms with van der Waals surface area (Å²) in [5.74, 6) is -3.10. The number of rotatable bonds is 3. The topological polar surface area (TPSA) is 75.3 Å². The fourth-order valence-electron chi connectivity index (χ4n) is 2.52. The Bertz CT molecular complexity index is 783. The van der Waals surface area contributed by atoms with Gasteiger partial charge in [-0.15, -0.1) is 0 Å². The summed E-state index contributed by atoms with van der Waals surface area (Å²) in [7, 11) is 0. The van der Waals surface area contributed by atoms with Crippen molar-refractivity contribution in [2.24, 2.45) is 0 Å². The third-order valence-corrected chi connectivity index (χ3v) is 3.55. The third-order valence-electron chi connectivity index (χ3n) is 3.55. The van der Waals surface area contributed by atoms with E-state index in [9.17, 15) is 14.4 Å². The van der Waals surface area contributed by atoms with Gasteiger partial charge in [-0.2, -0.15) is 0 Å². The number of fused-ring (bicyclic) bond motifs is 1. The second-order valence-electron chi connectivity index (χ2n) is 5.20. The van der Waals surface area contributed by atoms with Gasteiger partial charge in [-0.25, -0.2) is 0 Å². The van der Waals surface area contributed by atoms with E-state index < -0.39 is 23.5 Å². The molecule has 0 unspecified atom stereocenters. The van der Waals surface area contributed by atoms with E-state index in [1.807, 2.05) is 13.0 Å². The highest BCUT2D eigenvalue weighted by atomic mass is 16.2. The molecule has 2 amide bonds. The monoisotopic (exact) mass is 294 g/mol. The minimum absolute atomic E-state index is 0.467. The first-order valence-corrected chi connectivity index (χ1v) is 6.88. The molecule has 0 aromatic heterocycles. The van der Waals surface area contributed by atoms with E-state index in [4.69, 9.17) is 0 Å². The van der Waals surface area contributed by atoms with Crippen LogP contribution in [-0.2, 0) is 14.4 Å². The van der Waals surface area contributed by atoms with Gasteiger partial charge < -0.3 is 10.6 Å². The van der Waals surface area contributed by atoms with Crippen LogP contribution in [0.2, 0.25) is 0 Å². The molecule has 0 radical (unpaired) electrons. The predicted octanol–water partition coefficient (Wildman–Crippen LogP) is 2.24. The highest BCUT2D eigenvalue weighted by molar-refractivity contribution is 6.47. The standard InChI is InChI=1S/C17H14N2O3/c1-10-5-4-6-11(9-10)18-17(22)15(20)14-12-7-2-3-8-13(12)19-16(14)21/h2-9,14H,1H3,(H,18,22)(H,19,21)/t14-/m0/s1. The molecule has 5 heteroatoms. The number of nitrogens with one attached hydrogen (secondary N) is 2. The molecule has 2 N–H and O–H groups in total. The van der Waals surface area contributed by atoms with E-state index in [1.54, 1.807) is 42.5 Å². The van der Waals surface area contributed by atoms with Gasteiger partial charge in [-0.1, -0.05) is 30.3 Å². The van der Waals surface area contributed by atoms with E-state index in [0.29, 0.717) is 16.9 Å². The third kappa shape index (κ3) is 2.48. The van der Waals surface area contributed by atoms with Gasteiger partial charge in [-0.05, 0) is 36.2 Å². The number of anilines is 2.